The van der Waals surface area contributed by atoms with Gasteiger partial charge >= 0.3 is 12.5 Å². The lowest BCUT2D eigenvalue weighted by molar-refractivity contribution is -0.274. The van der Waals surface area contributed by atoms with E-state index in [9.17, 15) is 37.5 Å². The molecule has 0 spiro atoms. The van der Waals surface area contributed by atoms with Gasteiger partial charge in [0.1, 0.15) is 23.4 Å². The van der Waals surface area contributed by atoms with E-state index in [2.05, 4.69) is 37.2 Å². The number of alkyl carbamates (subject to hydrolysis) is 1. The number of benzene rings is 2. The molecule has 4 aromatic rings. The van der Waals surface area contributed by atoms with Crippen LogP contribution in [0.3, 0.4) is 0 Å². The molecule has 19 heteroatoms. The van der Waals surface area contributed by atoms with Crippen molar-refractivity contribution in [2.75, 3.05) is 50.1 Å². The molecule has 2 saturated heterocycles. The van der Waals surface area contributed by atoms with Crippen molar-refractivity contribution in [3.8, 4) is 28.1 Å². The molecule has 0 radical (unpaired) electrons. The van der Waals surface area contributed by atoms with Gasteiger partial charge in [-0.05, 0) is 74.8 Å². The van der Waals surface area contributed by atoms with Crippen LogP contribution < -0.4 is 20.3 Å². The average molecular weight is 911 g/mol. The Balaban J connectivity index is 1.17. The predicted octanol–water partition coefficient (Wildman–Crippen LogP) is 7.68. The van der Waals surface area contributed by atoms with E-state index in [4.69, 9.17) is 16.3 Å². The standard InChI is InChI=1S/C45H54ClF3N8O7/c1-25(2)38(54-43(62)63-7)41(60)57-22-26(3)8-14-35(57)39-51-21-34(52-39)29-11-9-28(10-12-29)31-18-32(46)33(19-36(31)64-45(47,48)49)53-40(59)30-13-15-37(50-20-30)56-17-16-55(23-27(56)4)42(61)44(5,6)24-58/h9-13,15,18-21,25-27,35,38,58H,8,14,16-17,22-24H2,1-7H3,(H,51,52)(H,53,59)(H,54,62)/t26-,27?,35-,38-/m0/s1. The van der Waals surface area contributed by atoms with Gasteiger partial charge in [0.2, 0.25) is 11.8 Å². The van der Waals surface area contributed by atoms with Crippen LogP contribution in [0.15, 0.2) is 60.9 Å². The Bertz CT molecular complexity index is 2320. The summed E-state index contributed by atoms with van der Waals surface area (Å²) in [6.07, 6.45) is -1.31. The lowest BCUT2D eigenvalue weighted by atomic mass is 9.91. The number of piperidine rings is 1. The number of H-pyrrole nitrogens is 1. The fourth-order valence-electron chi connectivity index (χ4n) is 7.99. The molecule has 1 unspecified atom stereocenters. The Hall–Kier alpha value is -5.88. The summed E-state index contributed by atoms with van der Waals surface area (Å²) >= 11 is 6.60. The van der Waals surface area contributed by atoms with Crippen molar-refractivity contribution in [3.05, 3.63) is 77.3 Å². The molecule has 64 heavy (non-hydrogen) atoms. The molecular weight excluding hydrogens is 857 g/mol. The molecule has 2 aromatic carbocycles. The van der Waals surface area contributed by atoms with E-state index in [0.29, 0.717) is 61.1 Å². The second-order valence-corrected chi connectivity index (χ2v) is 17.8. The van der Waals surface area contributed by atoms with Crippen LogP contribution in [0.4, 0.5) is 29.5 Å². The number of nitrogens with one attached hydrogen (secondary N) is 3. The van der Waals surface area contributed by atoms with E-state index in [1.165, 1.54) is 25.4 Å². The Labute approximate surface area is 374 Å². The number of aromatic amines is 1. The Morgan fingerprint density at radius 1 is 0.969 bits per heavy atom. The first-order valence-electron chi connectivity index (χ1n) is 21.0. The van der Waals surface area contributed by atoms with Gasteiger partial charge in [-0.25, -0.2) is 14.8 Å². The highest BCUT2D eigenvalue weighted by molar-refractivity contribution is 6.34. The summed E-state index contributed by atoms with van der Waals surface area (Å²) in [5.41, 5.74) is 0.744. The number of hydrogen-bond acceptors (Lipinski definition) is 10. The van der Waals surface area contributed by atoms with Crippen LogP contribution in [0.5, 0.6) is 5.75 Å². The molecule has 0 bridgehead atoms. The Morgan fingerprint density at radius 2 is 1.67 bits per heavy atom. The van der Waals surface area contributed by atoms with E-state index in [0.717, 1.165) is 12.5 Å². The van der Waals surface area contributed by atoms with Crippen molar-refractivity contribution in [1.29, 1.82) is 0 Å². The maximum absolute atomic E-state index is 13.9. The Kier molecular flexibility index (Phi) is 14.5. The highest BCUT2D eigenvalue weighted by atomic mass is 35.5. The third kappa shape index (κ3) is 10.9. The number of nitrogens with zero attached hydrogens (tertiary/aromatic N) is 5. The van der Waals surface area contributed by atoms with E-state index < -0.39 is 41.6 Å². The fraction of sp³-hybridized carbons (Fsp3) is 0.467. The number of aliphatic hydroxyl groups excluding tert-OH is 1. The summed E-state index contributed by atoms with van der Waals surface area (Å²) in [6.45, 7) is 12.6. The molecule has 2 fully saturated rings. The van der Waals surface area contributed by atoms with Crippen molar-refractivity contribution in [1.82, 2.24) is 30.1 Å². The minimum atomic E-state index is -5.07. The number of aliphatic hydroxyl groups is 1. The fourth-order valence-corrected chi connectivity index (χ4v) is 8.20. The summed E-state index contributed by atoms with van der Waals surface area (Å²) in [7, 11) is 1.24. The number of rotatable bonds is 12. The number of methoxy groups -OCH3 is 1. The van der Waals surface area contributed by atoms with E-state index in [1.807, 2.05) is 25.7 Å². The third-order valence-electron chi connectivity index (χ3n) is 11.6. The number of hydrogen-bond donors (Lipinski definition) is 4. The Morgan fingerprint density at radius 3 is 2.28 bits per heavy atom. The highest BCUT2D eigenvalue weighted by Gasteiger charge is 2.39. The van der Waals surface area contributed by atoms with Gasteiger partial charge in [-0.1, -0.05) is 56.6 Å². The van der Waals surface area contributed by atoms with Gasteiger partial charge in [-0.15, -0.1) is 13.2 Å². The molecule has 15 nitrogen and oxygen atoms in total. The molecule has 6 rings (SSSR count). The first-order valence-corrected chi connectivity index (χ1v) is 21.4. The van der Waals surface area contributed by atoms with E-state index >= 15 is 0 Å². The van der Waals surface area contributed by atoms with Crippen molar-refractivity contribution < 1.29 is 46.9 Å². The maximum Gasteiger partial charge on any atom is 0.573 e. The maximum atomic E-state index is 13.9. The van der Waals surface area contributed by atoms with Crippen LogP contribution in [0.25, 0.3) is 22.4 Å². The van der Waals surface area contributed by atoms with Crippen LogP contribution in [-0.4, -0.2) is 112 Å². The normalized spacial score (nSPS) is 18.7. The monoisotopic (exact) mass is 910 g/mol. The van der Waals surface area contributed by atoms with Gasteiger partial charge in [0.05, 0.1) is 53.3 Å². The average Bonchev–Trinajstić information content (AvgIpc) is 3.75. The lowest BCUT2D eigenvalue weighted by Gasteiger charge is -2.42. The molecule has 0 saturated carbocycles. The molecule has 4 atom stereocenters. The third-order valence-corrected chi connectivity index (χ3v) is 12.0. The number of carbonyl (C=O) groups is 4. The molecular formula is C45H54ClF3N8O7. The zero-order valence-electron chi connectivity index (χ0n) is 36.8. The number of pyridine rings is 1. The lowest BCUT2D eigenvalue weighted by Crippen LogP contribution is -2.56. The summed E-state index contributed by atoms with van der Waals surface area (Å²) < 4.78 is 50.6. The van der Waals surface area contributed by atoms with Crippen molar-refractivity contribution in [2.24, 2.45) is 17.3 Å². The first kappa shape index (κ1) is 47.6. The molecule has 2 aromatic heterocycles. The molecule has 4 heterocycles. The number of aromatic nitrogens is 3. The molecule has 2 aliphatic heterocycles. The molecule has 344 valence electrons. The number of likely N-dealkylation sites (tertiary alicyclic amines) is 1. The minimum Gasteiger partial charge on any atom is -0.453 e. The number of carbonyl (C=O) groups excluding carboxylic acids is 4. The number of alkyl halides is 3. The molecule has 4 amide bonds. The van der Waals surface area contributed by atoms with Crippen molar-refractivity contribution in [2.45, 2.75) is 78.9 Å². The van der Waals surface area contributed by atoms with Crippen LogP contribution in [-0.2, 0) is 14.3 Å². The van der Waals surface area contributed by atoms with Gasteiger partial charge in [-0.3, -0.25) is 14.4 Å². The predicted molar refractivity (Wildman–Crippen MR) is 235 cm³/mol. The SMILES string of the molecule is COC(=O)N[C@H](C(=O)N1C[C@@H](C)CC[C@H]1c1ncc(-c2ccc(-c3cc(Cl)c(NC(=O)c4ccc(N5CCN(C(=O)C(C)(C)CO)CC5C)nc4)cc3OC(F)(F)F)cc2)[nH]1)C(C)C. The number of amides is 4. The van der Waals surface area contributed by atoms with Crippen LogP contribution >= 0.6 is 11.6 Å². The molecule has 4 N–H and O–H groups in total. The highest BCUT2D eigenvalue weighted by Crippen LogP contribution is 2.41. The quantitative estimate of drug-likeness (QED) is 0.110. The second-order valence-electron chi connectivity index (χ2n) is 17.4. The van der Waals surface area contributed by atoms with Crippen LogP contribution in [0.1, 0.15) is 76.6 Å². The van der Waals surface area contributed by atoms with Gasteiger partial charge in [0.25, 0.3) is 5.91 Å². The van der Waals surface area contributed by atoms with E-state index in [1.54, 1.807) is 60.2 Å². The summed E-state index contributed by atoms with van der Waals surface area (Å²) in [5, 5.41) is 14.8. The first-order chi connectivity index (χ1) is 30.2. The van der Waals surface area contributed by atoms with Crippen LogP contribution in [0, 0.1) is 17.3 Å². The van der Waals surface area contributed by atoms with Crippen molar-refractivity contribution >= 4 is 46.9 Å². The van der Waals surface area contributed by atoms with Gasteiger partial charge in [0.15, 0.2) is 0 Å². The largest absolute Gasteiger partial charge is 0.573 e. The molecule has 2 aliphatic rings. The van der Waals surface area contributed by atoms with Gasteiger partial charge in [-0.2, -0.15) is 0 Å². The minimum absolute atomic E-state index is 0.0183. The number of piperazine rings is 1. The number of imidazole rings is 1. The number of halogens is 4. The number of anilines is 2. The smallest absolute Gasteiger partial charge is 0.453 e. The topological polar surface area (TPSA) is 182 Å². The summed E-state index contributed by atoms with van der Waals surface area (Å²) in [5.74, 6) is -0.507. The second kappa shape index (κ2) is 19.5. The van der Waals surface area contributed by atoms with Gasteiger partial charge < -0.3 is 44.9 Å². The van der Waals surface area contributed by atoms with E-state index in [-0.39, 0.29) is 58.1 Å². The van der Waals surface area contributed by atoms with Crippen molar-refractivity contribution in [3.63, 3.8) is 0 Å². The zero-order chi connectivity index (χ0) is 46.7. The van der Waals surface area contributed by atoms with Gasteiger partial charge in [0, 0.05) is 50.0 Å². The zero-order valence-corrected chi connectivity index (χ0v) is 37.5. The molecule has 0 aliphatic carbocycles. The summed E-state index contributed by atoms with van der Waals surface area (Å²) in [6, 6.07) is 10.8. The van der Waals surface area contributed by atoms with Crippen LogP contribution in [0.2, 0.25) is 5.02 Å². The summed E-state index contributed by atoms with van der Waals surface area (Å²) in [4.78, 5) is 70.0. The number of ether oxygens (including phenoxy) is 2.